The molecule has 29 heavy (non-hydrogen) atoms. The Labute approximate surface area is 174 Å². The van der Waals surface area contributed by atoms with Crippen LogP contribution in [0, 0.1) is 5.92 Å². The molecule has 5 heteroatoms. The van der Waals surface area contributed by atoms with Gasteiger partial charge in [0.1, 0.15) is 5.75 Å². The standard InChI is InChI=1S/C24H21NO3S/c1-26-20-12-11-15(13-21(20)27-2)24-17-14-28-19-9-5-3-7-16(19)23(17)25-18-8-4-6-10-22(18)29-24/h3-13,17,24H,14H2,1-2H3. The van der Waals surface area contributed by atoms with E-state index in [1.165, 1.54) is 10.5 Å². The molecule has 0 spiro atoms. The Balaban J connectivity index is 1.67. The molecule has 0 saturated heterocycles. The van der Waals surface area contributed by atoms with E-state index in [2.05, 4.69) is 36.4 Å². The number of ether oxygens (including phenoxy) is 3. The summed E-state index contributed by atoms with van der Waals surface area (Å²) in [6.07, 6.45) is 0. The molecule has 2 heterocycles. The third kappa shape index (κ3) is 3.15. The second-order valence-corrected chi connectivity index (χ2v) is 8.21. The van der Waals surface area contributed by atoms with Gasteiger partial charge in [0.05, 0.1) is 38.1 Å². The maximum absolute atomic E-state index is 6.15. The highest BCUT2D eigenvalue weighted by molar-refractivity contribution is 7.99. The smallest absolute Gasteiger partial charge is 0.161 e. The monoisotopic (exact) mass is 403 g/mol. The lowest BCUT2D eigenvalue weighted by Gasteiger charge is -2.31. The van der Waals surface area contributed by atoms with Crippen molar-refractivity contribution in [3.8, 4) is 17.2 Å². The van der Waals surface area contributed by atoms with Crippen LogP contribution in [0.25, 0.3) is 0 Å². The van der Waals surface area contributed by atoms with E-state index in [1.807, 2.05) is 42.1 Å². The number of nitrogens with zero attached hydrogens (tertiary/aromatic N) is 1. The van der Waals surface area contributed by atoms with E-state index < -0.39 is 0 Å². The highest BCUT2D eigenvalue weighted by Gasteiger charge is 2.37. The van der Waals surface area contributed by atoms with Gasteiger partial charge in [-0.25, -0.2) is 0 Å². The molecule has 2 aliphatic heterocycles. The van der Waals surface area contributed by atoms with Gasteiger partial charge in [0.15, 0.2) is 11.5 Å². The number of hydrogen-bond acceptors (Lipinski definition) is 5. The zero-order valence-electron chi connectivity index (χ0n) is 16.3. The first-order chi connectivity index (χ1) is 14.3. The minimum atomic E-state index is 0.125. The molecule has 0 aliphatic carbocycles. The number of fused-ring (bicyclic) bond motifs is 4. The second kappa shape index (κ2) is 7.48. The van der Waals surface area contributed by atoms with Crippen molar-refractivity contribution in [2.24, 2.45) is 10.9 Å². The van der Waals surface area contributed by atoms with Gasteiger partial charge < -0.3 is 14.2 Å². The van der Waals surface area contributed by atoms with Gasteiger partial charge in [0, 0.05) is 15.7 Å². The number of para-hydroxylation sites is 2. The van der Waals surface area contributed by atoms with Gasteiger partial charge in [0.2, 0.25) is 0 Å². The van der Waals surface area contributed by atoms with Gasteiger partial charge in [-0.1, -0.05) is 30.3 Å². The minimum Gasteiger partial charge on any atom is -0.493 e. The van der Waals surface area contributed by atoms with Gasteiger partial charge in [-0.2, -0.15) is 0 Å². The van der Waals surface area contributed by atoms with E-state index in [9.17, 15) is 0 Å². The molecular weight excluding hydrogens is 382 g/mol. The van der Waals surface area contributed by atoms with Crippen LogP contribution in [-0.2, 0) is 0 Å². The van der Waals surface area contributed by atoms with Gasteiger partial charge in [-0.3, -0.25) is 4.99 Å². The number of hydrogen-bond donors (Lipinski definition) is 0. The van der Waals surface area contributed by atoms with E-state index in [4.69, 9.17) is 19.2 Å². The maximum Gasteiger partial charge on any atom is 0.161 e. The van der Waals surface area contributed by atoms with Crippen molar-refractivity contribution in [2.75, 3.05) is 20.8 Å². The van der Waals surface area contributed by atoms with Gasteiger partial charge in [0.25, 0.3) is 0 Å². The molecule has 4 nitrogen and oxygen atoms in total. The minimum absolute atomic E-state index is 0.125. The Kier molecular flexibility index (Phi) is 4.68. The van der Waals surface area contributed by atoms with Crippen LogP contribution < -0.4 is 14.2 Å². The van der Waals surface area contributed by atoms with E-state index >= 15 is 0 Å². The van der Waals surface area contributed by atoms with Crippen molar-refractivity contribution in [2.45, 2.75) is 10.1 Å². The van der Waals surface area contributed by atoms with E-state index in [-0.39, 0.29) is 11.2 Å². The molecule has 0 N–H and O–H groups in total. The van der Waals surface area contributed by atoms with Crippen LogP contribution in [-0.4, -0.2) is 26.5 Å². The average Bonchev–Trinajstić information content (AvgIpc) is 2.95. The van der Waals surface area contributed by atoms with Crippen LogP contribution in [0.15, 0.2) is 76.6 Å². The van der Waals surface area contributed by atoms with Gasteiger partial charge >= 0.3 is 0 Å². The van der Waals surface area contributed by atoms with Crippen LogP contribution in [0.1, 0.15) is 16.4 Å². The van der Waals surface area contributed by atoms with E-state index in [0.29, 0.717) is 6.61 Å². The summed E-state index contributed by atoms with van der Waals surface area (Å²) in [6, 6.07) is 22.7. The maximum atomic E-state index is 6.15. The Morgan fingerprint density at radius 2 is 1.72 bits per heavy atom. The molecule has 146 valence electrons. The number of thioether (sulfide) groups is 1. The fraction of sp³-hybridized carbons (Fsp3) is 0.208. The summed E-state index contributed by atoms with van der Waals surface area (Å²) in [7, 11) is 3.33. The summed E-state index contributed by atoms with van der Waals surface area (Å²) in [5, 5.41) is 0.144. The topological polar surface area (TPSA) is 40.0 Å². The van der Waals surface area contributed by atoms with Crippen molar-refractivity contribution < 1.29 is 14.2 Å². The Morgan fingerprint density at radius 3 is 2.59 bits per heavy atom. The molecule has 0 fully saturated rings. The first-order valence-corrected chi connectivity index (χ1v) is 10.4. The second-order valence-electron chi connectivity index (χ2n) is 7.03. The molecule has 0 radical (unpaired) electrons. The van der Waals surface area contributed by atoms with Gasteiger partial charge in [-0.15, -0.1) is 11.8 Å². The molecule has 2 unspecified atom stereocenters. The Hall–Kier alpha value is -2.92. The fourth-order valence-electron chi connectivity index (χ4n) is 3.96. The largest absolute Gasteiger partial charge is 0.493 e. The van der Waals surface area contributed by atoms with Crippen LogP contribution in [0.2, 0.25) is 0 Å². The molecule has 2 aliphatic rings. The Bertz CT molecular complexity index is 1090. The van der Waals surface area contributed by atoms with E-state index in [0.717, 1.165) is 34.2 Å². The number of aliphatic imine (C=N–C) groups is 1. The van der Waals surface area contributed by atoms with E-state index in [1.54, 1.807) is 14.2 Å². The molecule has 3 aromatic rings. The molecule has 0 aromatic heterocycles. The normalized spacial score (nSPS) is 19.6. The SMILES string of the molecule is COc1ccc(C2Sc3ccccc3N=C3c4ccccc4OCC32)cc1OC. The zero-order chi connectivity index (χ0) is 19.8. The fourth-order valence-corrected chi connectivity index (χ4v) is 5.28. The average molecular weight is 404 g/mol. The molecule has 0 saturated carbocycles. The number of benzene rings is 3. The van der Waals surface area contributed by atoms with Crippen molar-refractivity contribution in [1.29, 1.82) is 0 Å². The van der Waals surface area contributed by atoms with Crippen molar-refractivity contribution in [3.63, 3.8) is 0 Å². The molecular formula is C24H21NO3S. The predicted molar refractivity (Wildman–Crippen MR) is 116 cm³/mol. The summed E-state index contributed by atoms with van der Waals surface area (Å²) >= 11 is 1.83. The lowest BCUT2D eigenvalue weighted by Crippen LogP contribution is -2.31. The molecule has 2 atom stereocenters. The predicted octanol–water partition coefficient (Wildman–Crippen LogP) is 5.68. The third-order valence-electron chi connectivity index (χ3n) is 5.39. The van der Waals surface area contributed by atoms with Crippen LogP contribution in [0.4, 0.5) is 5.69 Å². The lowest BCUT2D eigenvalue weighted by atomic mass is 9.88. The summed E-state index contributed by atoms with van der Waals surface area (Å²) in [6.45, 7) is 0.593. The quantitative estimate of drug-likeness (QED) is 0.564. The third-order valence-corrected chi connectivity index (χ3v) is 6.85. The van der Waals surface area contributed by atoms with Crippen molar-refractivity contribution in [1.82, 2.24) is 0 Å². The van der Waals surface area contributed by atoms with Crippen LogP contribution in [0.5, 0.6) is 17.2 Å². The summed E-state index contributed by atoms with van der Waals surface area (Å²) in [5.74, 6) is 2.49. The van der Waals surface area contributed by atoms with Gasteiger partial charge in [-0.05, 0) is 42.0 Å². The molecule has 0 bridgehead atoms. The molecule has 5 rings (SSSR count). The zero-order valence-corrected chi connectivity index (χ0v) is 17.1. The van der Waals surface area contributed by atoms with Crippen molar-refractivity contribution in [3.05, 3.63) is 77.9 Å². The molecule has 0 amide bonds. The highest BCUT2D eigenvalue weighted by atomic mass is 32.2. The highest BCUT2D eigenvalue weighted by Crippen LogP contribution is 2.51. The Morgan fingerprint density at radius 1 is 0.931 bits per heavy atom. The van der Waals surface area contributed by atoms with Crippen LogP contribution >= 0.6 is 11.8 Å². The summed E-state index contributed by atoms with van der Waals surface area (Å²) in [5.41, 5.74) is 4.35. The first-order valence-electron chi connectivity index (χ1n) is 9.57. The summed E-state index contributed by atoms with van der Waals surface area (Å²) in [4.78, 5) is 6.29. The first kappa shape index (κ1) is 18.1. The number of methoxy groups -OCH3 is 2. The van der Waals surface area contributed by atoms with Crippen molar-refractivity contribution >= 4 is 23.2 Å². The lowest BCUT2D eigenvalue weighted by molar-refractivity contribution is 0.271. The van der Waals surface area contributed by atoms with Crippen LogP contribution in [0.3, 0.4) is 0 Å². The number of rotatable bonds is 3. The molecule has 3 aromatic carbocycles. The summed E-state index contributed by atoms with van der Waals surface area (Å²) < 4.78 is 17.1.